The van der Waals surface area contributed by atoms with Gasteiger partial charge in [0.05, 0.1) is 0 Å². The van der Waals surface area contributed by atoms with Crippen LogP contribution in [0.5, 0.6) is 0 Å². The van der Waals surface area contributed by atoms with E-state index in [1.807, 2.05) is 0 Å². The molecule has 1 N–H and O–H groups in total. The highest BCUT2D eigenvalue weighted by Gasteiger charge is 1.96. The molecule has 0 aromatic rings. The van der Waals surface area contributed by atoms with Crippen LogP contribution in [0, 0.1) is 5.92 Å². The van der Waals surface area contributed by atoms with Crippen molar-refractivity contribution < 1.29 is 0 Å². The van der Waals surface area contributed by atoms with Gasteiger partial charge in [-0.3, -0.25) is 0 Å². The Hall–Kier alpha value is -0.0400. The van der Waals surface area contributed by atoms with Crippen molar-refractivity contribution in [3.8, 4) is 0 Å². The molecule has 0 bridgehead atoms. The van der Waals surface area contributed by atoms with Crippen molar-refractivity contribution in [1.29, 1.82) is 0 Å². The van der Waals surface area contributed by atoms with Crippen LogP contribution in [0.25, 0.3) is 0 Å². The Balaban J connectivity index is 2.90. The van der Waals surface area contributed by atoms with Crippen LogP contribution in [-0.4, -0.2) is 13.1 Å². The maximum absolute atomic E-state index is 3.49. The quantitative estimate of drug-likeness (QED) is 0.553. The Labute approximate surface area is 77.9 Å². The van der Waals surface area contributed by atoms with Gasteiger partial charge in [-0.2, -0.15) is 0 Å². The van der Waals surface area contributed by atoms with Gasteiger partial charge in [0, 0.05) is 0 Å². The van der Waals surface area contributed by atoms with Crippen LogP contribution in [0.4, 0.5) is 0 Å². The van der Waals surface area contributed by atoms with Gasteiger partial charge in [-0.1, -0.05) is 46.5 Å². The molecule has 12 heavy (non-hydrogen) atoms. The fourth-order valence-electron chi connectivity index (χ4n) is 1.17. The van der Waals surface area contributed by atoms with E-state index in [0.717, 1.165) is 5.92 Å². The van der Waals surface area contributed by atoms with Gasteiger partial charge in [0.1, 0.15) is 0 Å². The third-order valence-electron chi connectivity index (χ3n) is 2.40. The predicted octanol–water partition coefficient (Wildman–Crippen LogP) is 3.20. The van der Waals surface area contributed by atoms with E-state index in [-0.39, 0.29) is 0 Å². The fraction of sp³-hybridized carbons (Fsp3) is 1.00. The topological polar surface area (TPSA) is 12.0 Å². The Bertz CT molecular complexity index is 81.1. The maximum Gasteiger partial charge on any atom is -0.00233 e. The van der Waals surface area contributed by atoms with E-state index in [4.69, 9.17) is 0 Å². The van der Waals surface area contributed by atoms with E-state index in [1.54, 1.807) is 0 Å². The minimum atomic E-state index is 0.844. The van der Waals surface area contributed by atoms with Gasteiger partial charge in [0.25, 0.3) is 0 Å². The number of unbranched alkanes of at least 4 members (excludes halogenated alkanes) is 3. The third kappa shape index (κ3) is 8.06. The Morgan fingerprint density at radius 3 is 2.42 bits per heavy atom. The molecule has 0 saturated heterocycles. The first-order chi connectivity index (χ1) is 5.81. The van der Waals surface area contributed by atoms with E-state index in [9.17, 15) is 0 Å². The van der Waals surface area contributed by atoms with Gasteiger partial charge in [0.2, 0.25) is 0 Å². The lowest BCUT2D eigenvalue weighted by Gasteiger charge is -2.09. The third-order valence-corrected chi connectivity index (χ3v) is 2.40. The van der Waals surface area contributed by atoms with E-state index < -0.39 is 0 Å². The molecule has 0 aromatic heterocycles. The molecule has 0 unspecified atom stereocenters. The summed E-state index contributed by atoms with van der Waals surface area (Å²) >= 11 is 0. The molecule has 0 fully saturated rings. The van der Waals surface area contributed by atoms with Crippen molar-refractivity contribution in [1.82, 2.24) is 5.32 Å². The van der Waals surface area contributed by atoms with Gasteiger partial charge in [-0.15, -0.1) is 0 Å². The second-order valence-corrected chi connectivity index (χ2v) is 3.78. The predicted molar refractivity (Wildman–Crippen MR) is 56.5 cm³/mol. The summed E-state index contributed by atoms with van der Waals surface area (Å²) in [4.78, 5) is 0. The van der Waals surface area contributed by atoms with E-state index in [0.29, 0.717) is 0 Å². The molecule has 0 radical (unpaired) electrons. The summed E-state index contributed by atoms with van der Waals surface area (Å²) in [5, 5.41) is 3.49. The molecule has 0 spiro atoms. The average molecular weight is 171 g/mol. The molecular weight excluding hydrogens is 146 g/mol. The van der Waals surface area contributed by atoms with Gasteiger partial charge >= 0.3 is 0 Å². The molecule has 0 aliphatic carbocycles. The molecule has 0 saturated carbocycles. The van der Waals surface area contributed by atoms with Crippen molar-refractivity contribution in [3.63, 3.8) is 0 Å². The molecule has 0 aliphatic rings. The van der Waals surface area contributed by atoms with Crippen LogP contribution in [0.3, 0.4) is 0 Å². The van der Waals surface area contributed by atoms with Crippen LogP contribution >= 0.6 is 0 Å². The normalized spacial score (nSPS) is 13.2. The molecule has 0 amide bonds. The summed E-state index contributed by atoms with van der Waals surface area (Å²) in [5.41, 5.74) is 0. The highest BCUT2D eigenvalue weighted by Crippen LogP contribution is 1.99. The average Bonchev–Trinajstić information content (AvgIpc) is 2.10. The summed E-state index contributed by atoms with van der Waals surface area (Å²) < 4.78 is 0. The smallest absolute Gasteiger partial charge is 0.00233 e. The van der Waals surface area contributed by atoms with Crippen molar-refractivity contribution in [2.45, 2.75) is 52.9 Å². The molecule has 0 aromatic carbocycles. The highest BCUT2D eigenvalue weighted by molar-refractivity contribution is 4.54. The minimum Gasteiger partial charge on any atom is -0.316 e. The lowest BCUT2D eigenvalue weighted by atomic mass is 10.1. The first-order valence-electron chi connectivity index (χ1n) is 5.52. The zero-order valence-electron chi connectivity index (χ0n) is 9.03. The molecular formula is C11H25N. The second-order valence-electron chi connectivity index (χ2n) is 3.78. The molecule has 0 rings (SSSR count). The number of hydrogen-bond donors (Lipinski definition) is 1. The van der Waals surface area contributed by atoms with Gasteiger partial charge in [0.15, 0.2) is 0 Å². The Morgan fingerprint density at radius 2 is 1.83 bits per heavy atom. The molecule has 74 valence electrons. The SMILES string of the molecule is CCCCCCNC[C@H](C)CC. The summed E-state index contributed by atoms with van der Waals surface area (Å²) in [6.45, 7) is 9.22. The van der Waals surface area contributed by atoms with Crippen LogP contribution in [0.1, 0.15) is 52.9 Å². The summed E-state index contributed by atoms with van der Waals surface area (Å²) in [6, 6.07) is 0. The standard InChI is InChI=1S/C11H25N/c1-4-6-7-8-9-12-10-11(3)5-2/h11-12H,4-10H2,1-3H3/t11-/m1/s1. The van der Waals surface area contributed by atoms with Crippen LogP contribution in [0.2, 0.25) is 0 Å². The lowest BCUT2D eigenvalue weighted by molar-refractivity contribution is 0.488. The summed E-state index contributed by atoms with van der Waals surface area (Å²) in [5.74, 6) is 0.844. The fourth-order valence-corrected chi connectivity index (χ4v) is 1.17. The van der Waals surface area contributed by atoms with Gasteiger partial charge < -0.3 is 5.32 Å². The second kappa shape index (κ2) is 9.05. The first kappa shape index (κ1) is 12.0. The van der Waals surface area contributed by atoms with Crippen LogP contribution in [-0.2, 0) is 0 Å². The van der Waals surface area contributed by atoms with Crippen LogP contribution < -0.4 is 5.32 Å². The molecule has 1 nitrogen and oxygen atoms in total. The highest BCUT2D eigenvalue weighted by atomic mass is 14.8. The molecule has 0 aliphatic heterocycles. The van der Waals surface area contributed by atoms with Crippen molar-refractivity contribution in [2.75, 3.05) is 13.1 Å². The number of nitrogens with one attached hydrogen (secondary N) is 1. The van der Waals surface area contributed by atoms with Crippen LogP contribution in [0.15, 0.2) is 0 Å². The largest absolute Gasteiger partial charge is 0.316 e. The lowest BCUT2D eigenvalue weighted by Crippen LogP contribution is -2.21. The summed E-state index contributed by atoms with van der Waals surface area (Å²) in [6.07, 6.45) is 6.77. The monoisotopic (exact) mass is 171 g/mol. The number of rotatable bonds is 8. The van der Waals surface area contributed by atoms with E-state index >= 15 is 0 Å². The zero-order valence-corrected chi connectivity index (χ0v) is 9.03. The first-order valence-corrected chi connectivity index (χ1v) is 5.52. The van der Waals surface area contributed by atoms with Crippen molar-refractivity contribution in [3.05, 3.63) is 0 Å². The van der Waals surface area contributed by atoms with Gasteiger partial charge in [-0.25, -0.2) is 0 Å². The van der Waals surface area contributed by atoms with Gasteiger partial charge in [-0.05, 0) is 25.4 Å². The summed E-state index contributed by atoms with van der Waals surface area (Å²) in [7, 11) is 0. The van der Waals surface area contributed by atoms with Crippen molar-refractivity contribution >= 4 is 0 Å². The minimum absolute atomic E-state index is 0.844. The maximum atomic E-state index is 3.49. The Morgan fingerprint density at radius 1 is 1.08 bits per heavy atom. The molecule has 0 heterocycles. The van der Waals surface area contributed by atoms with Crippen molar-refractivity contribution in [2.24, 2.45) is 5.92 Å². The zero-order chi connectivity index (χ0) is 9.23. The molecule has 1 heteroatoms. The molecule has 1 atom stereocenters. The van der Waals surface area contributed by atoms with E-state index in [2.05, 4.69) is 26.1 Å². The number of hydrogen-bond acceptors (Lipinski definition) is 1. The Kier molecular flexibility index (Phi) is 9.02. The van der Waals surface area contributed by atoms with E-state index in [1.165, 1.54) is 45.2 Å².